The molecule has 0 saturated heterocycles. The van der Waals surface area contributed by atoms with E-state index >= 15 is 0 Å². The molecule has 6 heteroatoms. The molecule has 0 aliphatic rings. The standard InChI is InChI=1S/C9H14F2N4/c1-6(2)14-15-8-12-5-4-7(13-8)9(3,10)11/h4-6,14H,1-3H3,(H,12,13,15). The van der Waals surface area contributed by atoms with E-state index in [-0.39, 0.29) is 17.7 Å². The van der Waals surface area contributed by atoms with Crippen molar-refractivity contribution >= 4 is 5.95 Å². The van der Waals surface area contributed by atoms with Gasteiger partial charge in [0.1, 0.15) is 5.69 Å². The van der Waals surface area contributed by atoms with Gasteiger partial charge in [-0.15, -0.1) is 0 Å². The maximum atomic E-state index is 12.9. The van der Waals surface area contributed by atoms with Gasteiger partial charge >= 0.3 is 0 Å². The van der Waals surface area contributed by atoms with Gasteiger partial charge in [0.05, 0.1) is 0 Å². The number of halogens is 2. The minimum Gasteiger partial charge on any atom is -0.289 e. The van der Waals surface area contributed by atoms with Crippen LogP contribution in [0.1, 0.15) is 26.5 Å². The zero-order chi connectivity index (χ0) is 11.5. The fourth-order valence-electron chi connectivity index (χ4n) is 0.872. The van der Waals surface area contributed by atoms with Crippen molar-refractivity contribution in [2.45, 2.75) is 32.7 Å². The van der Waals surface area contributed by atoms with Gasteiger partial charge in [-0.25, -0.2) is 15.4 Å². The van der Waals surface area contributed by atoms with Crippen LogP contribution in [-0.4, -0.2) is 16.0 Å². The van der Waals surface area contributed by atoms with Crippen LogP contribution in [0.2, 0.25) is 0 Å². The lowest BCUT2D eigenvalue weighted by atomic mass is 10.3. The summed E-state index contributed by atoms with van der Waals surface area (Å²) < 4.78 is 25.8. The second kappa shape index (κ2) is 4.48. The Morgan fingerprint density at radius 3 is 2.60 bits per heavy atom. The van der Waals surface area contributed by atoms with Gasteiger partial charge in [-0.2, -0.15) is 8.78 Å². The van der Waals surface area contributed by atoms with Crippen LogP contribution in [0.5, 0.6) is 0 Å². The highest BCUT2D eigenvalue weighted by molar-refractivity contribution is 5.24. The molecule has 1 aromatic rings. The molecule has 0 unspecified atom stereocenters. The molecule has 0 aromatic carbocycles. The molecule has 15 heavy (non-hydrogen) atoms. The Hall–Kier alpha value is -1.30. The Balaban J connectivity index is 2.75. The molecule has 84 valence electrons. The minimum absolute atomic E-state index is 0.141. The van der Waals surface area contributed by atoms with E-state index in [0.717, 1.165) is 6.92 Å². The second-order valence-electron chi connectivity index (χ2n) is 3.58. The molecular formula is C9H14F2N4. The number of anilines is 1. The highest BCUT2D eigenvalue weighted by atomic mass is 19.3. The molecule has 2 N–H and O–H groups in total. The average Bonchev–Trinajstić information content (AvgIpc) is 2.14. The second-order valence-corrected chi connectivity index (χ2v) is 3.58. The van der Waals surface area contributed by atoms with E-state index in [1.165, 1.54) is 12.3 Å². The zero-order valence-electron chi connectivity index (χ0n) is 8.88. The van der Waals surface area contributed by atoms with Gasteiger partial charge in [-0.1, -0.05) is 0 Å². The first-order chi connectivity index (χ1) is 6.89. The summed E-state index contributed by atoms with van der Waals surface area (Å²) in [7, 11) is 0. The lowest BCUT2D eigenvalue weighted by Gasteiger charge is -2.12. The SMILES string of the molecule is CC(C)NNc1nccc(C(C)(F)F)n1. The molecule has 0 atom stereocenters. The van der Waals surface area contributed by atoms with Crippen LogP contribution in [0, 0.1) is 0 Å². The number of aromatic nitrogens is 2. The van der Waals surface area contributed by atoms with Crippen molar-refractivity contribution in [3.63, 3.8) is 0 Å². The van der Waals surface area contributed by atoms with Gasteiger partial charge in [0.15, 0.2) is 0 Å². The third-order valence-electron chi connectivity index (χ3n) is 1.58. The molecule has 0 bridgehead atoms. The van der Waals surface area contributed by atoms with Crippen molar-refractivity contribution in [3.05, 3.63) is 18.0 Å². The highest BCUT2D eigenvalue weighted by Gasteiger charge is 2.26. The molecule has 1 heterocycles. The zero-order valence-corrected chi connectivity index (χ0v) is 8.88. The first-order valence-electron chi connectivity index (χ1n) is 4.62. The van der Waals surface area contributed by atoms with Gasteiger partial charge in [0.2, 0.25) is 5.95 Å². The van der Waals surface area contributed by atoms with Crippen LogP contribution >= 0.6 is 0 Å². The van der Waals surface area contributed by atoms with Crippen molar-refractivity contribution < 1.29 is 8.78 Å². The van der Waals surface area contributed by atoms with Gasteiger partial charge in [-0.3, -0.25) is 5.43 Å². The Morgan fingerprint density at radius 2 is 2.07 bits per heavy atom. The van der Waals surface area contributed by atoms with Crippen molar-refractivity contribution in [2.75, 3.05) is 5.43 Å². The number of nitrogens with one attached hydrogen (secondary N) is 2. The molecule has 1 rings (SSSR count). The Kier molecular flexibility index (Phi) is 3.52. The van der Waals surface area contributed by atoms with E-state index in [0.29, 0.717) is 0 Å². The topological polar surface area (TPSA) is 49.8 Å². The van der Waals surface area contributed by atoms with Crippen molar-refractivity contribution in [3.8, 4) is 0 Å². The number of rotatable bonds is 4. The van der Waals surface area contributed by atoms with E-state index in [1.807, 2.05) is 13.8 Å². The Morgan fingerprint density at radius 1 is 1.40 bits per heavy atom. The molecule has 0 fully saturated rings. The summed E-state index contributed by atoms with van der Waals surface area (Å²) in [5, 5.41) is 0. The first-order valence-corrected chi connectivity index (χ1v) is 4.62. The van der Waals surface area contributed by atoms with Crippen molar-refractivity contribution in [2.24, 2.45) is 0 Å². The molecule has 0 saturated carbocycles. The number of hydrazine groups is 1. The van der Waals surface area contributed by atoms with E-state index in [4.69, 9.17) is 0 Å². The van der Waals surface area contributed by atoms with Gasteiger partial charge in [0, 0.05) is 19.2 Å². The minimum atomic E-state index is -2.95. The Bertz CT molecular complexity index is 322. The lowest BCUT2D eigenvalue weighted by molar-refractivity contribution is 0.0127. The predicted octanol–water partition coefficient (Wildman–Crippen LogP) is 1.91. The van der Waals surface area contributed by atoms with Crippen molar-refractivity contribution in [1.82, 2.24) is 15.4 Å². The summed E-state index contributed by atoms with van der Waals surface area (Å²) in [5.41, 5.74) is 5.17. The molecule has 0 aliphatic carbocycles. The van der Waals surface area contributed by atoms with E-state index in [9.17, 15) is 8.78 Å². The molecule has 0 spiro atoms. The van der Waals surface area contributed by atoms with Gasteiger partial charge < -0.3 is 0 Å². The fourth-order valence-corrected chi connectivity index (χ4v) is 0.872. The molecule has 4 nitrogen and oxygen atoms in total. The van der Waals surface area contributed by atoms with Crippen LogP contribution in [0.4, 0.5) is 14.7 Å². The molecular weight excluding hydrogens is 202 g/mol. The monoisotopic (exact) mass is 216 g/mol. The summed E-state index contributed by atoms with van der Waals surface area (Å²) in [5.74, 6) is -2.81. The molecule has 0 aliphatic heterocycles. The summed E-state index contributed by atoms with van der Waals surface area (Å²) in [6.45, 7) is 4.62. The van der Waals surface area contributed by atoms with Crippen LogP contribution in [0.15, 0.2) is 12.3 Å². The molecule has 0 radical (unpaired) electrons. The van der Waals surface area contributed by atoms with Crippen LogP contribution < -0.4 is 10.9 Å². The number of hydrogen-bond acceptors (Lipinski definition) is 4. The summed E-state index contributed by atoms with van der Waals surface area (Å²) >= 11 is 0. The smallest absolute Gasteiger partial charge is 0.287 e. The van der Waals surface area contributed by atoms with E-state index in [1.54, 1.807) is 0 Å². The van der Waals surface area contributed by atoms with Crippen LogP contribution in [0.3, 0.4) is 0 Å². The summed E-state index contributed by atoms with van der Waals surface area (Å²) in [4.78, 5) is 7.49. The van der Waals surface area contributed by atoms with E-state index < -0.39 is 5.92 Å². The Labute approximate surface area is 87.1 Å². The van der Waals surface area contributed by atoms with Crippen LogP contribution in [0.25, 0.3) is 0 Å². The first kappa shape index (κ1) is 11.8. The van der Waals surface area contributed by atoms with Crippen molar-refractivity contribution in [1.29, 1.82) is 0 Å². The van der Waals surface area contributed by atoms with E-state index in [2.05, 4.69) is 20.8 Å². The number of alkyl halides is 2. The normalized spacial score (nSPS) is 11.9. The maximum absolute atomic E-state index is 12.9. The maximum Gasteiger partial charge on any atom is 0.287 e. The fraction of sp³-hybridized carbons (Fsp3) is 0.556. The number of hydrogen-bond donors (Lipinski definition) is 2. The predicted molar refractivity (Wildman–Crippen MR) is 53.5 cm³/mol. The van der Waals surface area contributed by atoms with Crippen LogP contribution in [-0.2, 0) is 5.92 Å². The number of nitrogens with zero attached hydrogens (tertiary/aromatic N) is 2. The summed E-state index contributed by atoms with van der Waals surface area (Å²) in [6, 6.07) is 1.36. The highest BCUT2D eigenvalue weighted by Crippen LogP contribution is 2.24. The quantitative estimate of drug-likeness (QED) is 0.755. The molecule has 0 amide bonds. The molecule has 1 aromatic heterocycles. The third-order valence-corrected chi connectivity index (χ3v) is 1.58. The van der Waals surface area contributed by atoms with Gasteiger partial charge in [0.25, 0.3) is 5.92 Å². The largest absolute Gasteiger partial charge is 0.289 e. The summed E-state index contributed by atoms with van der Waals surface area (Å²) in [6.07, 6.45) is 1.30. The third kappa shape index (κ3) is 3.75. The average molecular weight is 216 g/mol. The van der Waals surface area contributed by atoms with Gasteiger partial charge in [-0.05, 0) is 19.9 Å². The lowest BCUT2D eigenvalue weighted by Crippen LogP contribution is -2.30.